The summed E-state index contributed by atoms with van der Waals surface area (Å²) < 4.78 is 64.5. The van der Waals surface area contributed by atoms with Crippen LogP contribution in [0.5, 0.6) is 0 Å². The summed E-state index contributed by atoms with van der Waals surface area (Å²) >= 11 is 0. The van der Waals surface area contributed by atoms with E-state index in [0.717, 1.165) is 25.7 Å². The second-order valence-electron chi connectivity index (χ2n) is 10.4. The molecular formula is C30H54Na2O6S2. The fourth-order valence-corrected chi connectivity index (χ4v) is 5.82. The van der Waals surface area contributed by atoms with E-state index in [-0.39, 0.29) is 69.8 Å². The topological polar surface area (TPSA) is 114 Å². The molecule has 0 fully saturated rings. The van der Waals surface area contributed by atoms with Crippen molar-refractivity contribution in [3.8, 4) is 0 Å². The molecule has 0 heterocycles. The van der Waals surface area contributed by atoms with Crippen molar-refractivity contribution in [1.82, 2.24) is 0 Å². The molecule has 0 bridgehead atoms. The fraction of sp³-hybridized carbons (Fsp3) is 0.800. The quantitative estimate of drug-likeness (QED) is 0.106. The second-order valence-corrected chi connectivity index (χ2v) is 13.3. The van der Waals surface area contributed by atoms with E-state index in [0.29, 0.717) is 18.4 Å². The predicted octanol–water partition coefficient (Wildman–Crippen LogP) is 2.51. The van der Waals surface area contributed by atoms with Gasteiger partial charge in [-0.2, -0.15) is 0 Å². The fourth-order valence-electron chi connectivity index (χ4n) is 4.52. The normalized spacial score (nSPS) is 11.2. The van der Waals surface area contributed by atoms with Crippen molar-refractivity contribution < 1.29 is 85.1 Å². The zero-order valence-corrected chi connectivity index (χ0v) is 31.8. The molecule has 0 N–H and O–H groups in total. The van der Waals surface area contributed by atoms with Crippen LogP contribution in [-0.2, 0) is 26.7 Å². The summed E-state index contributed by atoms with van der Waals surface area (Å²) in [6.45, 7) is 4.44. The van der Waals surface area contributed by atoms with Crippen LogP contribution in [-0.4, -0.2) is 31.7 Å². The molecule has 6 nitrogen and oxygen atoms in total. The first-order valence-electron chi connectivity index (χ1n) is 15.1. The summed E-state index contributed by atoms with van der Waals surface area (Å²) in [4.78, 5) is -0.0501. The van der Waals surface area contributed by atoms with Gasteiger partial charge in [0.05, 0.1) is 15.0 Å². The van der Waals surface area contributed by atoms with E-state index in [1.54, 1.807) is 18.2 Å². The third-order valence-corrected chi connectivity index (χ3v) is 8.52. The van der Waals surface area contributed by atoms with Crippen molar-refractivity contribution in [2.45, 2.75) is 154 Å². The molecule has 40 heavy (non-hydrogen) atoms. The Morgan fingerprint density at radius 3 is 1.25 bits per heavy atom. The summed E-state index contributed by atoms with van der Waals surface area (Å²) in [6.07, 6.45) is 24.6. The van der Waals surface area contributed by atoms with Crippen LogP contribution in [0.2, 0.25) is 0 Å². The number of unbranched alkanes of at least 4 members (excludes halogenated alkanes) is 18. The molecule has 0 radical (unpaired) electrons. The zero-order chi connectivity index (χ0) is 28.5. The van der Waals surface area contributed by atoms with Gasteiger partial charge in [0.1, 0.15) is 10.1 Å². The van der Waals surface area contributed by atoms with E-state index in [1.807, 2.05) is 0 Å². The van der Waals surface area contributed by atoms with E-state index < -0.39 is 20.2 Å². The monoisotopic (exact) mass is 620 g/mol. The molecule has 1 rings (SSSR count). The number of rotatable bonds is 23. The van der Waals surface area contributed by atoms with Gasteiger partial charge in [-0.3, -0.25) is 0 Å². The van der Waals surface area contributed by atoms with E-state index in [9.17, 15) is 25.9 Å². The molecule has 0 amide bonds. The zero-order valence-electron chi connectivity index (χ0n) is 26.1. The van der Waals surface area contributed by atoms with Crippen LogP contribution in [0.1, 0.15) is 148 Å². The minimum absolute atomic E-state index is 0. The molecular weight excluding hydrogens is 566 g/mol. The summed E-state index contributed by atoms with van der Waals surface area (Å²) in [5.74, 6) is -0.191. The number of hydrogen-bond donors (Lipinski definition) is 0. The summed E-state index contributed by atoms with van der Waals surface area (Å²) in [5.41, 5.74) is 0.664. The Kier molecular flexibility index (Phi) is 34.2. The van der Waals surface area contributed by atoms with Crippen molar-refractivity contribution in [3.63, 3.8) is 0 Å². The van der Waals surface area contributed by atoms with Crippen LogP contribution < -0.4 is 59.1 Å². The molecule has 0 saturated heterocycles. The van der Waals surface area contributed by atoms with Gasteiger partial charge in [0.25, 0.3) is 0 Å². The van der Waals surface area contributed by atoms with Crippen LogP contribution in [0.15, 0.2) is 29.2 Å². The summed E-state index contributed by atoms with van der Waals surface area (Å²) in [5, 5.41) is 0. The number of aryl methyl sites for hydroxylation is 1. The third kappa shape index (κ3) is 30.5. The summed E-state index contributed by atoms with van der Waals surface area (Å²) in [6, 6.07) is 6.56. The number of benzene rings is 1. The molecule has 10 heteroatoms. The molecule has 224 valence electrons. The van der Waals surface area contributed by atoms with Crippen LogP contribution in [0.4, 0.5) is 0 Å². The van der Waals surface area contributed by atoms with Gasteiger partial charge in [0.2, 0.25) is 0 Å². The maximum Gasteiger partial charge on any atom is 1.00 e. The van der Waals surface area contributed by atoms with Gasteiger partial charge in [-0.1, -0.05) is 148 Å². The van der Waals surface area contributed by atoms with E-state index in [2.05, 4.69) is 13.8 Å². The first-order valence-corrected chi connectivity index (χ1v) is 18.1. The Morgan fingerprint density at radius 2 is 0.875 bits per heavy atom. The Balaban J connectivity index is -0.000000683. The van der Waals surface area contributed by atoms with Crippen LogP contribution in [0, 0.1) is 0 Å². The number of hydrogen-bond acceptors (Lipinski definition) is 6. The largest absolute Gasteiger partial charge is 1.00 e. The van der Waals surface area contributed by atoms with Gasteiger partial charge in [0, 0.05) is 5.75 Å². The average molecular weight is 621 g/mol. The van der Waals surface area contributed by atoms with Gasteiger partial charge in [-0.15, -0.1) is 0 Å². The van der Waals surface area contributed by atoms with Gasteiger partial charge >= 0.3 is 59.1 Å². The molecule has 1 aromatic carbocycles. The smallest absolute Gasteiger partial charge is 0.748 e. The van der Waals surface area contributed by atoms with Gasteiger partial charge in [0.15, 0.2) is 0 Å². The molecule has 1 aromatic rings. The maximum atomic E-state index is 11.2. The average Bonchev–Trinajstić information content (AvgIpc) is 2.86. The minimum Gasteiger partial charge on any atom is -0.748 e. The van der Waals surface area contributed by atoms with E-state index in [4.69, 9.17) is 0 Å². The van der Waals surface area contributed by atoms with E-state index in [1.165, 1.54) is 102 Å². The van der Waals surface area contributed by atoms with Crippen molar-refractivity contribution in [2.75, 3.05) is 5.75 Å². The van der Waals surface area contributed by atoms with Crippen LogP contribution in [0.3, 0.4) is 0 Å². The maximum absolute atomic E-state index is 11.2. The standard InChI is InChI=1S/C18H30O3S.C12H26O3S.2Na/c1-2-3-4-5-6-7-8-9-10-11-14-17-15-12-13-16-18(17)22(19,20)21;1-2-3-4-5-6-7-8-9-10-11-12-16(13,14)15;;/h12-13,15-16H,2-11,14H2,1H3,(H,19,20,21);2-12H2,1H3,(H,13,14,15);;/q;;2*+1/p-2. The van der Waals surface area contributed by atoms with Crippen molar-refractivity contribution in [3.05, 3.63) is 29.8 Å². The van der Waals surface area contributed by atoms with Crippen molar-refractivity contribution in [1.29, 1.82) is 0 Å². The Labute approximate surface area is 291 Å². The molecule has 0 aromatic heterocycles. The SMILES string of the molecule is CCCCCCCCCCCCS(=O)(=O)[O-].CCCCCCCCCCCCc1ccccc1S(=O)(=O)[O-].[Na+].[Na+]. The van der Waals surface area contributed by atoms with Crippen LogP contribution >= 0.6 is 0 Å². The Morgan fingerprint density at radius 1 is 0.525 bits per heavy atom. The van der Waals surface area contributed by atoms with Crippen LogP contribution in [0.25, 0.3) is 0 Å². The third-order valence-electron chi connectivity index (χ3n) is 6.79. The molecule has 0 aliphatic carbocycles. The summed E-state index contributed by atoms with van der Waals surface area (Å²) in [7, 11) is -8.33. The Bertz CT molecular complexity index is 893. The second kappa shape index (κ2) is 30.1. The van der Waals surface area contributed by atoms with E-state index >= 15 is 0 Å². The molecule has 0 atom stereocenters. The molecule has 0 unspecified atom stereocenters. The molecule has 0 aliphatic heterocycles. The van der Waals surface area contributed by atoms with Gasteiger partial charge < -0.3 is 9.11 Å². The first-order chi connectivity index (χ1) is 18.1. The minimum atomic E-state index is -4.35. The molecule has 0 saturated carbocycles. The molecule has 0 aliphatic rings. The van der Waals surface area contributed by atoms with Gasteiger partial charge in [-0.05, 0) is 30.9 Å². The van der Waals surface area contributed by atoms with Gasteiger partial charge in [-0.25, -0.2) is 16.8 Å². The van der Waals surface area contributed by atoms with Crippen molar-refractivity contribution >= 4 is 20.2 Å². The Hall–Kier alpha value is 1.04. The predicted molar refractivity (Wildman–Crippen MR) is 156 cm³/mol. The molecule has 0 spiro atoms. The first kappa shape index (κ1) is 45.5. The van der Waals surface area contributed by atoms with Crippen molar-refractivity contribution in [2.24, 2.45) is 0 Å².